The third-order valence-electron chi connectivity index (χ3n) is 4.49. The highest BCUT2D eigenvalue weighted by atomic mass is 16.5. The Balaban J connectivity index is 1.63. The van der Waals surface area contributed by atoms with E-state index in [9.17, 15) is 9.59 Å². The van der Waals surface area contributed by atoms with Crippen LogP contribution >= 0.6 is 0 Å². The standard InChI is InChI=1S/C21H24N2O4/c1-26-16-8-7-9-17(14-16)27-15-20(24)22-19-11-4-3-10-18(19)21(25)23-12-5-2-6-13-23/h3-4,7-11,14H,2,5-6,12-13,15H2,1H3,(H,22,24). The third-order valence-corrected chi connectivity index (χ3v) is 4.49. The van der Waals surface area contributed by atoms with E-state index in [1.54, 1.807) is 55.6 Å². The quantitative estimate of drug-likeness (QED) is 0.849. The first-order valence-electron chi connectivity index (χ1n) is 9.12. The van der Waals surface area contributed by atoms with Crippen LogP contribution in [-0.2, 0) is 4.79 Å². The summed E-state index contributed by atoms with van der Waals surface area (Å²) in [4.78, 5) is 26.9. The van der Waals surface area contributed by atoms with Crippen molar-refractivity contribution in [2.24, 2.45) is 0 Å². The maximum atomic E-state index is 12.8. The van der Waals surface area contributed by atoms with E-state index in [1.165, 1.54) is 0 Å². The minimum Gasteiger partial charge on any atom is -0.497 e. The molecule has 0 unspecified atom stereocenters. The van der Waals surface area contributed by atoms with Crippen molar-refractivity contribution >= 4 is 17.5 Å². The molecule has 0 radical (unpaired) electrons. The summed E-state index contributed by atoms with van der Waals surface area (Å²) in [5.41, 5.74) is 1.02. The molecule has 1 aliphatic heterocycles. The molecule has 1 fully saturated rings. The summed E-state index contributed by atoms with van der Waals surface area (Å²) in [5.74, 6) is 0.837. The van der Waals surface area contributed by atoms with E-state index in [0.29, 0.717) is 22.7 Å². The van der Waals surface area contributed by atoms with Gasteiger partial charge in [0.1, 0.15) is 11.5 Å². The van der Waals surface area contributed by atoms with Gasteiger partial charge in [0.15, 0.2) is 6.61 Å². The molecule has 2 amide bonds. The summed E-state index contributed by atoms with van der Waals surface area (Å²) < 4.78 is 10.6. The van der Waals surface area contributed by atoms with Crippen LogP contribution in [0.15, 0.2) is 48.5 Å². The van der Waals surface area contributed by atoms with Crippen LogP contribution in [-0.4, -0.2) is 43.5 Å². The molecule has 3 rings (SSSR count). The molecular weight excluding hydrogens is 344 g/mol. The van der Waals surface area contributed by atoms with Crippen molar-refractivity contribution in [2.75, 3.05) is 32.1 Å². The molecule has 0 atom stereocenters. The zero-order valence-corrected chi connectivity index (χ0v) is 15.4. The second-order valence-electron chi connectivity index (χ2n) is 6.41. The van der Waals surface area contributed by atoms with Gasteiger partial charge in [0.25, 0.3) is 11.8 Å². The first kappa shape index (κ1) is 18.8. The van der Waals surface area contributed by atoms with E-state index in [4.69, 9.17) is 9.47 Å². The van der Waals surface area contributed by atoms with Gasteiger partial charge >= 0.3 is 0 Å². The maximum Gasteiger partial charge on any atom is 0.262 e. The number of benzene rings is 2. The highest BCUT2D eigenvalue weighted by Gasteiger charge is 2.21. The number of hydrogen-bond donors (Lipinski definition) is 1. The van der Waals surface area contributed by atoms with Gasteiger partial charge in [0.05, 0.1) is 18.4 Å². The first-order chi connectivity index (χ1) is 13.2. The van der Waals surface area contributed by atoms with E-state index >= 15 is 0 Å². The Hall–Kier alpha value is -3.02. The lowest BCUT2D eigenvalue weighted by Gasteiger charge is -2.27. The van der Waals surface area contributed by atoms with Crippen molar-refractivity contribution in [1.29, 1.82) is 0 Å². The van der Waals surface area contributed by atoms with Crippen LogP contribution in [0.25, 0.3) is 0 Å². The van der Waals surface area contributed by atoms with Gasteiger partial charge in [0.2, 0.25) is 0 Å². The van der Waals surface area contributed by atoms with Crippen LogP contribution in [0, 0.1) is 0 Å². The summed E-state index contributed by atoms with van der Waals surface area (Å²) in [6.07, 6.45) is 3.20. The fraction of sp³-hybridized carbons (Fsp3) is 0.333. The maximum absolute atomic E-state index is 12.8. The van der Waals surface area contributed by atoms with E-state index in [-0.39, 0.29) is 18.4 Å². The van der Waals surface area contributed by atoms with E-state index < -0.39 is 0 Å². The molecule has 1 N–H and O–H groups in total. The minimum atomic E-state index is -0.322. The van der Waals surface area contributed by atoms with Gasteiger partial charge < -0.3 is 19.7 Å². The molecule has 0 aromatic heterocycles. The number of piperidine rings is 1. The number of para-hydroxylation sites is 1. The molecule has 0 aliphatic carbocycles. The van der Waals surface area contributed by atoms with Gasteiger partial charge in [-0.2, -0.15) is 0 Å². The van der Waals surface area contributed by atoms with Crippen LogP contribution in [0.3, 0.4) is 0 Å². The lowest BCUT2D eigenvalue weighted by molar-refractivity contribution is -0.118. The number of carbonyl (C=O) groups is 2. The molecule has 27 heavy (non-hydrogen) atoms. The van der Waals surface area contributed by atoms with Crippen molar-refractivity contribution < 1.29 is 19.1 Å². The molecule has 1 aliphatic rings. The summed E-state index contributed by atoms with van der Waals surface area (Å²) in [6, 6.07) is 14.1. The Kier molecular flexibility index (Phi) is 6.30. The number of carbonyl (C=O) groups excluding carboxylic acids is 2. The minimum absolute atomic E-state index is 0.0423. The van der Waals surface area contributed by atoms with E-state index in [2.05, 4.69) is 5.32 Å². The van der Waals surface area contributed by atoms with Crippen LogP contribution in [0.5, 0.6) is 11.5 Å². The average molecular weight is 368 g/mol. The second-order valence-corrected chi connectivity index (χ2v) is 6.41. The number of methoxy groups -OCH3 is 1. The van der Waals surface area contributed by atoms with Crippen molar-refractivity contribution in [3.05, 3.63) is 54.1 Å². The number of nitrogens with one attached hydrogen (secondary N) is 1. The number of anilines is 1. The smallest absolute Gasteiger partial charge is 0.262 e. The number of hydrogen-bond acceptors (Lipinski definition) is 4. The molecule has 6 heteroatoms. The highest BCUT2D eigenvalue weighted by molar-refractivity contribution is 6.04. The van der Waals surface area contributed by atoms with Gasteiger partial charge in [-0.1, -0.05) is 18.2 Å². The van der Waals surface area contributed by atoms with Gasteiger partial charge in [-0.3, -0.25) is 9.59 Å². The number of ether oxygens (including phenoxy) is 2. The Morgan fingerprint density at radius 1 is 1.00 bits per heavy atom. The molecule has 6 nitrogen and oxygen atoms in total. The lowest BCUT2D eigenvalue weighted by Crippen LogP contribution is -2.36. The largest absolute Gasteiger partial charge is 0.497 e. The number of amides is 2. The van der Waals surface area contributed by atoms with Crippen LogP contribution < -0.4 is 14.8 Å². The normalized spacial score (nSPS) is 13.7. The molecule has 1 heterocycles. The fourth-order valence-corrected chi connectivity index (χ4v) is 3.07. The van der Waals surface area contributed by atoms with Crippen molar-refractivity contribution in [3.63, 3.8) is 0 Å². The molecule has 0 spiro atoms. The number of likely N-dealkylation sites (tertiary alicyclic amines) is 1. The third kappa shape index (κ3) is 5.00. The zero-order valence-electron chi connectivity index (χ0n) is 15.4. The molecule has 0 saturated carbocycles. The monoisotopic (exact) mass is 368 g/mol. The predicted octanol–water partition coefficient (Wildman–Crippen LogP) is 3.34. The Morgan fingerprint density at radius 3 is 2.52 bits per heavy atom. The first-order valence-corrected chi connectivity index (χ1v) is 9.12. The predicted molar refractivity (Wildman–Crippen MR) is 103 cm³/mol. The van der Waals surface area contributed by atoms with Gasteiger partial charge in [-0.05, 0) is 43.5 Å². The highest BCUT2D eigenvalue weighted by Crippen LogP contribution is 2.21. The van der Waals surface area contributed by atoms with Crippen molar-refractivity contribution in [1.82, 2.24) is 4.90 Å². The van der Waals surface area contributed by atoms with Gasteiger partial charge in [0, 0.05) is 19.2 Å². The molecule has 142 valence electrons. The van der Waals surface area contributed by atoms with Crippen LogP contribution in [0.4, 0.5) is 5.69 Å². The average Bonchev–Trinajstić information content (AvgIpc) is 2.73. The van der Waals surface area contributed by atoms with Gasteiger partial charge in [-0.15, -0.1) is 0 Å². The summed E-state index contributed by atoms with van der Waals surface area (Å²) >= 11 is 0. The van der Waals surface area contributed by atoms with E-state index in [0.717, 1.165) is 32.4 Å². The zero-order chi connectivity index (χ0) is 19.1. The molecular formula is C21H24N2O4. The SMILES string of the molecule is COc1cccc(OCC(=O)Nc2ccccc2C(=O)N2CCCCC2)c1. The Labute approximate surface area is 159 Å². The topological polar surface area (TPSA) is 67.9 Å². The molecule has 2 aromatic carbocycles. The Morgan fingerprint density at radius 2 is 1.74 bits per heavy atom. The molecule has 1 saturated heterocycles. The number of rotatable bonds is 6. The molecule has 0 bridgehead atoms. The van der Waals surface area contributed by atoms with Crippen molar-refractivity contribution in [2.45, 2.75) is 19.3 Å². The lowest BCUT2D eigenvalue weighted by atomic mass is 10.1. The van der Waals surface area contributed by atoms with Gasteiger partial charge in [-0.25, -0.2) is 0 Å². The van der Waals surface area contributed by atoms with Crippen molar-refractivity contribution in [3.8, 4) is 11.5 Å². The fourth-order valence-electron chi connectivity index (χ4n) is 3.07. The summed E-state index contributed by atoms with van der Waals surface area (Å²) in [6.45, 7) is 1.37. The summed E-state index contributed by atoms with van der Waals surface area (Å²) in [5, 5.41) is 2.79. The Bertz CT molecular complexity index is 800. The van der Waals surface area contributed by atoms with Crippen LogP contribution in [0.2, 0.25) is 0 Å². The second kappa shape index (κ2) is 9.07. The molecule has 2 aromatic rings. The van der Waals surface area contributed by atoms with E-state index in [1.807, 2.05) is 4.90 Å². The summed E-state index contributed by atoms with van der Waals surface area (Å²) in [7, 11) is 1.57. The van der Waals surface area contributed by atoms with Crippen LogP contribution in [0.1, 0.15) is 29.6 Å². The number of nitrogens with zero attached hydrogens (tertiary/aromatic N) is 1.